The number of rotatable bonds is 5. The highest BCUT2D eigenvalue weighted by Crippen LogP contribution is 2.50. The lowest BCUT2D eigenvalue weighted by atomic mass is 9.83. The molecule has 2 bridgehead atoms. The monoisotopic (exact) mass is 224 g/mol. The third kappa shape index (κ3) is 2.02. The zero-order valence-corrected chi connectivity index (χ0v) is 10.3. The fourth-order valence-corrected chi connectivity index (χ4v) is 4.20. The molecule has 5 unspecified atom stereocenters. The Balaban J connectivity index is 1.53. The lowest BCUT2D eigenvalue weighted by Gasteiger charge is -2.28. The van der Waals surface area contributed by atoms with Gasteiger partial charge in [0, 0.05) is 7.11 Å². The van der Waals surface area contributed by atoms with Crippen molar-refractivity contribution in [2.45, 2.75) is 57.2 Å². The summed E-state index contributed by atoms with van der Waals surface area (Å²) in [5.74, 6) is 3.37. The van der Waals surface area contributed by atoms with Crippen LogP contribution < -0.4 is 0 Å². The standard InChI is InChI=1S/C14H24O2/c1-16-14(10-4-5-10)13(15)8-12-7-9-2-3-11(12)6-9/h9-15H,2-8H2,1H3. The van der Waals surface area contributed by atoms with Gasteiger partial charge in [-0.05, 0) is 62.2 Å². The van der Waals surface area contributed by atoms with Gasteiger partial charge in [-0.1, -0.05) is 6.42 Å². The molecule has 3 aliphatic carbocycles. The van der Waals surface area contributed by atoms with Gasteiger partial charge in [0.25, 0.3) is 0 Å². The molecule has 0 radical (unpaired) electrons. The van der Waals surface area contributed by atoms with Gasteiger partial charge >= 0.3 is 0 Å². The predicted molar refractivity (Wildman–Crippen MR) is 63.1 cm³/mol. The summed E-state index contributed by atoms with van der Waals surface area (Å²) in [5, 5.41) is 10.3. The third-order valence-corrected chi connectivity index (χ3v) is 5.17. The summed E-state index contributed by atoms with van der Waals surface area (Å²) in [6.07, 6.45) is 9.12. The lowest BCUT2D eigenvalue weighted by Crippen LogP contribution is -2.33. The lowest BCUT2D eigenvalue weighted by molar-refractivity contribution is -0.0381. The zero-order chi connectivity index (χ0) is 11.1. The molecule has 0 heterocycles. The zero-order valence-electron chi connectivity index (χ0n) is 10.3. The van der Waals surface area contributed by atoms with Crippen LogP contribution in [0.15, 0.2) is 0 Å². The minimum absolute atomic E-state index is 0.124. The molecular formula is C14H24O2. The van der Waals surface area contributed by atoms with Crippen molar-refractivity contribution in [1.82, 2.24) is 0 Å². The summed E-state index contributed by atoms with van der Waals surface area (Å²) < 4.78 is 5.48. The second kappa shape index (κ2) is 4.30. The van der Waals surface area contributed by atoms with Crippen LogP contribution in [0.5, 0.6) is 0 Å². The maximum Gasteiger partial charge on any atom is 0.0858 e. The molecule has 3 saturated carbocycles. The fourth-order valence-electron chi connectivity index (χ4n) is 4.20. The van der Waals surface area contributed by atoms with Gasteiger partial charge in [-0.25, -0.2) is 0 Å². The maximum absolute atomic E-state index is 10.3. The summed E-state index contributed by atoms with van der Waals surface area (Å²) in [6, 6.07) is 0. The molecule has 0 spiro atoms. The second-order valence-corrected chi connectivity index (χ2v) is 6.28. The number of aliphatic hydroxyl groups is 1. The van der Waals surface area contributed by atoms with E-state index in [1.807, 2.05) is 0 Å². The molecular weight excluding hydrogens is 200 g/mol. The van der Waals surface area contributed by atoms with Crippen molar-refractivity contribution in [3.05, 3.63) is 0 Å². The van der Waals surface area contributed by atoms with Gasteiger partial charge in [0.1, 0.15) is 0 Å². The molecule has 0 aromatic heterocycles. The van der Waals surface area contributed by atoms with Crippen LogP contribution in [0.3, 0.4) is 0 Å². The largest absolute Gasteiger partial charge is 0.390 e. The van der Waals surface area contributed by atoms with E-state index in [0.29, 0.717) is 5.92 Å². The van der Waals surface area contributed by atoms with Crippen LogP contribution in [0.1, 0.15) is 44.9 Å². The normalized spacial score (nSPS) is 41.2. The molecule has 0 aromatic carbocycles. The molecule has 16 heavy (non-hydrogen) atoms. The van der Waals surface area contributed by atoms with Crippen molar-refractivity contribution in [3.63, 3.8) is 0 Å². The molecule has 0 saturated heterocycles. The van der Waals surface area contributed by atoms with Gasteiger partial charge in [-0.2, -0.15) is 0 Å². The second-order valence-electron chi connectivity index (χ2n) is 6.28. The topological polar surface area (TPSA) is 29.5 Å². The Kier molecular flexibility index (Phi) is 2.97. The summed E-state index contributed by atoms with van der Waals surface area (Å²) in [4.78, 5) is 0. The van der Waals surface area contributed by atoms with Gasteiger partial charge in [-0.3, -0.25) is 0 Å². The van der Waals surface area contributed by atoms with Crippen molar-refractivity contribution in [3.8, 4) is 0 Å². The van der Waals surface area contributed by atoms with Gasteiger partial charge in [0.05, 0.1) is 12.2 Å². The molecule has 3 aliphatic rings. The van der Waals surface area contributed by atoms with Gasteiger partial charge in [-0.15, -0.1) is 0 Å². The first-order chi connectivity index (χ1) is 7.78. The Labute approximate surface area is 98.4 Å². The van der Waals surface area contributed by atoms with E-state index in [-0.39, 0.29) is 12.2 Å². The molecule has 2 nitrogen and oxygen atoms in total. The van der Waals surface area contributed by atoms with Crippen LogP contribution in [-0.4, -0.2) is 24.4 Å². The Morgan fingerprint density at radius 1 is 1.19 bits per heavy atom. The summed E-state index contributed by atoms with van der Waals surface area (Å²) in [5.41, 5.74) is 0. The molecule has 0 aromatic rings. The van der Waals surface area contributed by atoms with Crippen molar-refractivity contribution < 1.29 is 9.84 Å². The Bertz CT molecular complexity index is 249. The molecule has 5 atom stereocenters. The van der Waals surface area contributed by atoms with Crippen LogP contribution in [-0.2, 0) is 4.74 Å². The summed E-state index contributed by atoms with van der Waals surface area (Å²) in [7, 11) is 1.76. The third-order valence-electron chi connectivity index (χ3n) is 5.17. The highest BCUT2D eigenvalue weighted by atomic mass is 16.5. The van der Waals surface area contributed by atoms with Crippen molar-refractivity contribution in [2.75, 3.05) is 7.11 Å². The molecule has 0 aliphatic heterocycles. The van der Waals surface area contributed by atoms with Crippen molar-refractivity contribution in [1.29, 1.82) is 0 Å². The molecule has 0 amide bonds. The van der Waals surface area contributed by atoms with E-state index in [9.17, 15) is 5.11 Å². The number of aliphatic hydroxyl groups excluding tert-OH is 1. The smallest absolute Gasteiger partial charge is 0.0858 e. The number of hydrogen-bond acceptors (Lipinski definition) is 2. The van der Waals surface area contributed by atoms with E-state index < -0.39 is 0 Å². The van der Waals surface area contributed by atoms with Crippen molar-refractivity contribution >= 4 is 0 Å². The highest BCUT2D eigenvalue weighted by Gasteiger charge is 2.43. The van der Waals surface area contributed by atoms with Crippen LogP contribution in [0.4, 0.5) is 0 Å². The van der Waals surface area contributed by atoms with Crippen molar-refractivity contribution in [2.24, 2.45) is 23.7 Å². The summed E-state index contributed by atoms with van der Waals surface area (Å²) in [6.45, 7) is 0. The fraction of sp³-hybridized carbons (Fsp3) is 1.00. The van der Waals surface area contributed by atoms with Crippen LogP contribution in [0.25, 0.3) is 0 Å². The molecule has 1 N–H and O–H groups in total. The molecule has 92 valence electrons. The first-order valence-electron chi connectivity index (χ1n) is 6.98. The van der Waals surface area contributed by atoms with E-state index in [1.54, 1.807) is 7.11 Å². The maximum atomic E-state index is 10.3. The van der Waals surface area contributed by atoms with Crippen LogP contribution >= 0.6 is 0 Å². The SMILES string of the molecule is COC(C(O)CC1CC2CCC1C2)C1CC1. The average Bonchev–Trinajstić information content (AvgIpc) is 2.89. The minimum Gasteiger partial charge on any atom is -0.390 e. The average molecular weight is 224 g/mol. The van der Waals surface area contributed by atoms with E-state index in [1.165, 1.54) is 38.5 Å². The number of ether oxygens (including phenoxy) is 1. The van der Waals surface area contributed by atoms with E-state index in [0.717, 1.165) is 24.2 Å². The Morgan fingerprint density at radius 3 is 2.50 bits per heavy atom. The molecule has 3 rings (SSSR count). The van der Waals surface area contributed by atoms with E-state index >= 15 is 0 Å². The quantitative estimate of drug-likeness (QED) is 0.778. The Morgan fingerprint density at radius 2 is 2.00 bits per heavy atom. The van der Waals surface area contributed by atoms with Crippen LogP contribution in [0.2, 0.25) is 0 Å². The number of fused-ring (bicyclic) bond motifs is 2. The van der Waals surface area contributed by atoms with Crippen LogP contribution in [0, 0.1) is 23.7 Å². The van der Waals surface area contributed by atoms with Gasteiger partial charge < -0.3 is 9.84 Å². The predicted octanol–water partition coefficient (Wildman–Crippen LogP) is 2.60. The Hall–Kier alpha value is -0.0800. The first kappa shape index (κ1) is 11.0. The van der Waals surface area contributed by atoms with Gasteiger partial charge in [0.2, 0.25) is 0 Å². The van der Waals surface area contributed by atoms with Gasteiger partial charge in [0.15, 0.2) is 0 Å². The van der Waals surface area contributed by atoms with E-state index in [4.69, 9.17) is 4.74 Å². The molecule has 2 heteroatoms. The minimum atomic E-state index is -0.207. The first-order valence-corrected chi connectivity index (χ1v) is 6.98. The molecule has 3 fully saturated rings. The highest BCUT2D eigenvalue weighted by molar-refractivity contribution is 4.93. The number of methoxy groups -OCH3 is 1. The number of hydrogen-bond donors (Lipinski definition) is 1. The van der Waals surface area contributed by atoms with E-state index in [2.05, 4.69) is 0 Å². The summed E-state index contributed by atoms with van der Waals surface area (Å²) >= 11 is 0.